The van der Waals surface area contributed by atoms with Gasteiger partial charge in [0.05, 0.1) is 41.3 Å². The molecule has 0 fully saturated rings. The largest absolute Gasteiger partial charge is 0.325 e. The van der Waals surface area contributed by atoms with Gasteiger partial charge in [0.25, 0.3) is 0 Å². The van der Waals surface area contributed by atoms with Crippen molar-refractivity contribution >= 4 is 0 Å². The first-order valence-corrected chi connectivity index (χ1v) is 8.08. The quantitative estimate of drug-likeness (QED) is 0.637. The first kappa shape index (κ1) is 15.5. The second kappa shape index (κ2) is 6.28. The minimum absolute atomic E-state index is 1.11. The molecule has 0 aliphatic carbocycles. The van der Waals surface area contributed by atoms with Crippen molar-refractivity contribution in [3.05, 3.63) is 35.4 Å². The molecule has 2 nitrogen and oxygen atoms in total. The third kappa shape index (κ3) is 4.92. The van der Waals surface area contributed by atoms with Crippen molar-refractivity contribution in [2.45, 2.75) is 38.8 Å². The first-order valence-electron chi connectivity index (χ1n) is 8.08. The van der Waals surface area contributed by atoms with Gasteiger partial charge in [-0.1, -0.05) is 18.2 Å². The first-order chi connectivity index (χ1) is 9.36. The predicted octanol–water partition coefficient (Wildman–Crippen LogP) is 3.41. The van der Waals surface area contributed by atoms with Gasteiger partial charge >= 0.3 is 0 Å². The molecule has 0 radical (unpaired) electrons. The number of nitrogens with zero attached hydrogens (tertiary/aromatic N) is 2. The van der Waals surface area contributed by atoms with Crippen molar-refractivity contribution in [1.82, 2.24) is 0 Å². The SMILES string of the molecule is C[N+]1(C)CCCCCC[N+](C)(C)Cc2cccc(c2)C1. The standard InChI is InChI=1S/C18H32N2/c1-19(2)12-7-5-6-8-13-20(3,4)16-18-11-9-10-17(14-18)15-19/h9-11,14H,5-8,12-13,15-16H2,1-4H3/q+2. The van der Waals surface area contributed by atoms with Gasteiger partial charge in [-0.2, -0.15) is 0 Å². The molecule has 0 unspecified atom stereocenters. The zero-order chi connectivity index (χ0) is 14.6. The molecule has 0 atom stereocenters. The fourth-order valence-electron chi connectivity index (χ4n) is 3.41. The molecule has 20 heavy (non-hydrogen) atoms. The zero-order valence-electron chi connectivity index (χ0n) is 13.9. The molecule has 0 aromatic heterocycles. The van der Waals surface area contributed by atoms with E-state index < -0.39 is 0 Å². The lowest BCUT2D eigenvalue weighted by Crippen LogP contribution is -2.39. The number of hydrogen-bond acceptors (Lipinski definition) is 0. The molecule has 0 saturated carbocycles. The van der Waals surface area contributed by atoms with Crippen molar-refractivity contribution in [3.63, 3.8) is 0 Å². The summed E-state index contributed by atoms with van der Waals surface area (Å²) in [5, 5.41) is 0. The average Bonchev–Trinajstić information content (AvgIpc) is 2.32. The number of rotatable bonds is 0. The van der Waals surface area contributed by atoms with Crippen LogP contribution in [-0.2, 0) is 13.1 Å². The molecule has 1 aliphatic heterocycles. The molecule has 0 N–H and O–H groups in total. The monoisotopic (exact) mass is 276 g/mol. The highest BCUT2D eigenvalue weighted by Gasteiger charge is 2.19. The van der Waals surface area contributed by atoms with Crippen molar-refractivity contribution in [2.75, 3.05) is 41.3 Å². The maximum Gasteiger partial charge on any atom is 0.104 e. The van der Waals surface area contributed by atoms with Crippen LogP contribution < -0.4 is 0 Å². The number of fused-ring (bicyclic) bond motifs is 2. The summed E-state index contributed by atoms with van der Waals surface area (Å²) in [5.41, 5.74) is 2.98. The van der Waals surface area contributed by atoms with Gasteiger partial charge in [-0.15, -0.1) is 0 Å². The smallest absolute Gasteiger partial charge is 0.104 e. The molecule has 2 heteroatoms. The normalized spacial score (nSPS) is 23.2. The van der Waals surface area contributed by atoms with Crippen molar-refractivity contribution < 1.29 is 8.97 Å². The van der Waals surface area contributed by atoms with Gasteiger partial charge in [-0.05, 0) is 31.7 Å². The van der Waals surface area contributed by atoms with Crippen LogP contribution >= 0.6 is 0 Å². The van der Waals surface area contributed by atoms with Gasteiger partial charge in [-0.3, -0.25) is 0 Å². The molecule has 0 amide bonds. The maximum atomic E-state index is 2.43. The van der Waals surface area contributed by atoms with E-state index in [0.29, 0.717) is 0 Å². The minimum atomic E-state index is 1.11. The van der Waals surface area contributed by atoms with Crippen LogP contribution in [-0.4, -0.2) is 50.2 Å². The Labute approximate surface area is 125 Å². The highest BCUT2D eigenvalue weighted by atomic mass is 15.3. The molecule has 1 aromatic carbocycles. The lowest BCUT2D eigenvalue weighted by atomic mass is 10.1. The van der Waals surface area contributed by atoms with E-state index in [0.717, 1.165) is 22.1 Å². The molecular formula is C18H32N2+2. The van der Waals surface area contributed by atoms with E-state index in [-0.39, 0.29) is 0 Å². The van der Waals surface area contributed by atoms with Crippen molar-refractivity contribution in [1.29, 1.82) is 0 Å². The van der Waals surface area contributed by atoms with Gasteiger partial charge < -0.3 is 8.97 Å². The second-order valence-corrected chi connectivity index (χ2v) is 7.87. The Morgan fingerprint density at radius 1 is 0.700 bits per heavy atom. The van der Waals surface area contributed by atoms with Crippen LogP contribution in [0.2, 0.25) is 0 Å². The lowest BCUT2D eigenvalue weighted by Gasteiger charge is -2.30. The molecule has 0 spiro atoms. The second-order valence-electron chi connectivity index (χ2n) is 7.87. The predicted molar refractivity (Wildman–Crippen MR) is 86.3 cm³/mol. The van der Waals surface area contributed by atoms with Crippen LogP contribution in [0.1, 0.15) is 36.8 Å². The van der Waals surface area contributed by atoms with E-state index in [1.165, 1.54) is 49.9 Å². The Kier molecular flexibility index (Phi) is 4.87. The van der Waals surface area contributed by atoms with Crippen LogP contribution in [0, 0.1) is 0 Å². The summed E-state index contributed by atoms with van der Waals surface area (Å²) < 4.78 is 2.23. The maximum absolute atomic E-state index is 2.43. The highest BCUT2D eigenvalue weighted by molar-refractivity contribution is 5.22. The minimum Gasteiger partial charge on any atom is -0.325 e. The summed E-state index contributed by atoms with van der Waals surface area (Å²) in [6.07, 6.45) is 5.50. The van der Waals surface area contributed by atoms with Gasteiger partial charge in [0.15, 0.2) is 0 Å². The van der Waals surface area contributed by atoms with Crippen LogP contribution in [0.3, 0.4) is 0 Å². The third-order valence-electron chi connectivity index (χ3n) is 4.49. The zero-order valence-corrected chi connectivity index (χ0v) is 13.9. The molecule has 1 heterocycles. The molecule has 2 rings (SSSR count). The molecular weight excluding hydrogens is 244 g/mol. The fourth-order valence-corrected chi connectivity index (χ4v) is 3.41. The molecule has 0 saturated heterocycles. The number of hydrogen-bond donors (Lipinski definition) is 0. The van der Waals surface area contributed by atoms with Crippen LogP contribution in [0.25, 0.3) is 0 Å². The van der Waals surface area contributed by atoms with E-state index in [1.807, 2.05) is 0 Å². The molecule has 2 bridgehead atoms. The lowest BCUT2D eigenvalue weighted by molar-refractivity contribution is -0.903. The van der Waals surface area contributed by atoms with E-state index >= 15 is 0 Å². The van der Waals surface area contributed by atoms with E-state index in [1.54, 1.807) is 0 Å². The van der Waals surface area contributed by atoms with E-state index in [2.05, 4.69) is 52.5 Å². The van der Waals surface area contributed by atoms with Gasteiger partial charge in [-0.25, -0.2) is 0 Å². The van der Waals surface area contributed by atoms with Crippen LogP contribution in [0.15, 0.2) is 24.3 Å². The van der Waals surface area contributed by atoms with Gasteiger partial charge in [0.1, 0.15) is 13.1 Å². The Morgan fingerprint density at radius 2 is 1.15 bits per heavy atom. The molecule has 1 aromatic rings. The summed E-state index contributed by atoms with van der Waals surface area (Å²) >= 11 is 0. The summed E-state index contributed by atoms with van der Waals surface area (Å²) in [4.78, 5) is 0. The summed E-state index contributed by atoms with van der Waals surface area (Å²) in [6, 6.07) is 9.26. The van der Waals surface area contributed by atoms with Crippen LogP contribution in [0.5, 0.6) is 0 Å². The van der Waals surface area contributed by atoms with Gasteiger partial charge in [0, 0.05) is 11.1 Å². The fraction of sp³-hybridized carbons (Fsp3) is 0.667. The van der Waals surface area contributed by atoms with E-state index in [9.17, 15) is 0 Å². The van der Waals surface area contributed by atoms with Crippen molar-refractivity contribution in [2.24, 2.45) is 0 Å². The number of benzene rings is 1. The Bertz CT molecular complexity index is 398. The van der Waals surface area contributed by atoms with Crippen LogP contribution in [0.4, 0.5) is 0 Å². The molecule has 112 valence electrons. The van der Waals surface area contributed by atoms with Gasteiger partial charge in [0.2, 0.25) is 0 Å². The summed E-state index contributed by atoms with van der Waals surface area (Å²) in [6.45, 7) is 4.90. The Hall–Kier alpha value is -0.860. The van der Waals surface area contributed by atoms with E-state index in [4.69, 9.17) is 0 Å². The number of quaternary nitrogens is 2. The average molecular weight is 276 g/mol. The summed E-state index contributed by atoms with van der Waals surface area (Å²) in [7, 11) is 9.47. The topological polar surface area (TPSA) is 0 Å². The highest BCUT2D eigenvalue weighted by Crippen LogP contribution is 2.18. The summed E-state index contributed by atoms with van der Waals surface area (Å²) in [5.74, 6) is 0. The molecule has 1 aliphatic rings. The third-order valence-corrected chi connectivity index (χ3v) is 4.49. The van der Waals surface area contributed by atoms with Crippen molar-refractivity contribution in [3.8, 4) is 0 Å². The Balaban J connectivity index is 2.20. The Morgan fingerprint density at radius 3 is 1.60 bits per heavy atom.